The molecule has 0 unspecified atom stereocenters. The molecular formula is C25H33N5O3. The van der Waals surface area contributed by atoms with Gasteiger partial charge in [-0.3, -0.25) is 14.4 Å². The molecule has 1 aliphatic carbocycles. The van der Waals surface area contributed by atoms with Crippen molar-refractivity contribution in [2.24, 2.45) is 0 Å². The van der Waals surface area contributed by atoms with E-state index in [0.29, 0.717) is 18.7 Å². The lowest BCUT2D eigenvalue weighted by atomic mass is 9.93. The predicted molar refractivity (Wildman–Crippen MR) is 126 cm³/mol. The maximum Gasteiger partial charge on any atom is 0.276 e. The molecule has 0 radical (unpaired) electrons. The zero-order valence-electron chi connectivity index (χ0n) is 19.9. The summed E-state index contributed by atoms with van der Waals surface area (Å²) in [6.07, 6.45) is 6.38. The molecule has 0 bridgehead atoms. The fourth-order valence-corrected chi connectivity index (χ4v) is 4.89. The predicted octanol–water partition coefficient (Wildman–Crippen LogP) is 3.44. The third kappa shape index (κ3) is 4.26. The average molecular weight is 452 g/mol. The van der Waals surface area contributed by atoms with Gasteiger partial charge in [0.25, 0.3) is 11.8 Å². The number of nitrogens with one attached hydrogen (secondary N) is 2. The second kappa shape index (κ2) is 9.00. The highest BCUT2D eigenvalue weighted by Gasteiger charge is 2.48. The molecule has 2 N–H and O–H groups in total. The molecule has 0 saturated heterocycles. The van der Waals surface area contributed by atoms with Gasteiger partial charge in [0.15, 0.2) is 5.69 Å². The Hall–Kier alpha value is -3.16. The van der Waals surface area contributed by atoms with Crippen molar-refractivity contribution in [1.29, 1.82) is 0 Å². The molecule has 2 aromatic rings. The van der Waals surface area contributed by atoms with Crippen molar-refractivity contribution in [2.45, 2.75) is 77.9 Å². The fourth-order valence-electron chi connectivity index (χ4n) is 4.89. The van der Waals surface area contributed by atoms with Crippen molar-refractivity contribution < 1.29 is 14.4 Å². The topological polar surface area (TPSA) is 96.3 Å². The smallest absolute Gasteiger partial charge is 0.276 e. The molecule has 2 aliphatic rings. The van der Waals surface area contributed by atoms with Gasteiger partial charge in [0.2, 0.25) is 5.91 Å². The number of amides is 3. The summed E-state index contributed by atoms with van der Waals surface area (Å²) in [6, 6.07) is 5.98. The number of fused-ring (bicyclic) bond motifs is 1. The number of rotatable bonds is 6. The zero-order chi connectivity index (χ0) is 23.8. The monoisotopic (exact) mass is 451 g/mol. The van der Waals surface area contributed by atoms with Gasteiger partial charge in [-0.15, -0.1) is 0 Å². The Balaban J connectivity index is 1.63. The lowest BCUT2D eigenvalue weighted by Crippen LogP contribution is -2.65. The van der Waals surface area contributed by atoms with E-state index in [4.69, 9.17) is 0 Å². The van der Waals surface area contributed by atoms with E-state index in [1.54, 1.807) is 9.47 Å². The number of carbonyl (C=O) groups excluding carboxylic acids is 3. The van der Waals surface area contributed by atoms with Gasteiger partial charge in [-0.25, -0.2) is 4.98 Å². The number of hydrogen-bond donors (Lipinski definition) is 2. The van der Waals surface area contributed by atoms with Crippen molar-refractivity contribution >= 4 is 23.4 Å². The van der Waals surface area contributed by atoms with Crippen LogP contribution in [0.2, 0.25) is 0 Å². The first-order chi connectivity index (χ1) is 15.7. The minimum Gasteiger partial charge on any atom is -0.351 e. The molecule has 1 aromatic carbocycles. The number of aromatic nitrogens is 2. The third-order valence-electron chi connectivity index (χ3n) is 6.84. The Morgan fingerprint density at radius 3 is 2.64 bits per heavy atom. The van der Waals surface area contributed by atoms with Crippen LogP contribution >= 0.6 is 0 Å². The second-order valence-electron chi connectivity index (χ2n) is 9.53. The first-order valence-electron chi connectivity index (χ1n) is 11.8. The van der Waals surface area contributed by atoms with Crippen molar-refractivity contribution in [3.05, 3.63) is 47.0 Å². The van der Waals surface area contributed by atoms with Crippen LogP contribution in [0.5, 0.6) is 0 Å². The number of anilines is 1. The quantitative estimate of drug-likeness (QED) is 0.703. The van der Waals surface area contributed by atoms with E-state index in [1.807, 2.05) is 45.9 Å². The Kier molecular flexibility index (Phi) is 6.28. The first kappa shape index (κ1) is 23.0. The highest BCUT2D eigenvalue weighted by atomic mass is 16.2. The van der Waals surface area contributed by atoms with Crippen LogP contribution in [-0.2, 0) is 11.3 Å². The van der Waals surface area contributed by atoms with Crippen molar-refractivity contribution in [3.63, 3.8) is 0 Å². The van der Waals surface area contributed by atoms with Crippen LogP contribution in [0.25, 0.3) is 0 Å². The first-order valence-corrected chi connectivity index (χ1v) is 11.8. The van der Waals surface area contributed by atoms with E-state index in [-0.39, 0.29) is 35.8 Å². The van der Waals surface area contributed by atoms with Gasteiger partial charge < -0.3 is 20.1 Å². The summed E-state index contributed by atoms with van der Waals surface area (Å²) >= 11 is 0. The summed E-state index contributed by atoms with van der Waals surface area (Å²) in [5.74, 6) is -0.908. The van der Waals surface area contributed by atoms with Gasteiger partial charge in [0, 0.05) is 18.3 Å². The molecule has 8 heteroatoms. The van der Waals surface area contributed by atoms with E-state index < -0.39 is 11.4 Å². The average Bonchev–Trinajstić information content (AvgIpc) is 3.43. The van der Waals surface area contributed by atoms with Crippen LogP contribution in [0.1, 0.15) is 78.1 Å². The minimum atomic E-state index is -1.04. The number of aryl methyl sites for hydroxylation is 2. The Morgan fingerprint density at radius 2 is 1.94 bits per heavy atom. The standard InChI is InChI=1S/C25H33N5O3/c1-5-12-30-23(32)21-20(22(31)28-19-13-16(2)10-11-17(19)3)26-15-29(21)14-25(30,4)24(33)27-18-8-6-7-9-18/h10-11,13,15,18H,5-9,12,14H2,1-4H3,(H,27,33)(H,28,31)/t25-/m0/s1. The van der Waals surface area contributed by atoms with Crippen molar-refractivity contribution in [3.8, 4) is 0 Å². The SMILES string of the molecule is CCCN1C(=O)c2c(C(=O)Nc3cc(C)ccc3C)ncn2C[C@@]1(C)C(=O)NC1CCCC1. The summed E-state index contributed by atoms with van der Waals surface area (Å²) in [4.78, 5) is 46.0. The van der Waals surface area contributed by atoms with Crippen LogP contribution < -0.4 is 10.6 Å². The van der Waals surface area contributed by atoms with Crippen molar-refractivity contribution in [1.82, 2.24) is 19.8 Å². The van der Waals surface area contributed by atoms with Gasteiger partial charge >= 0.3 is 0 Å². The molecule has 1 saturated carbocycles. The highest BCUT2D eigenvalue weighted by Crippen LogP contribution is 2.30. The number of carbonyl (C=O) groups is 3. The molecule has 33 heavy (non-hydrogen) atoms. The van der Waals surface area contributed by atoms with Crippen LogP contribution in [0, 0.1) is 13.8 Å². The van der Waals surface area contributed by atoms with E-state index in [2.05, 4.69) is 15.6 Å². The lowest BCUT2D eigenvalue weighted by Gasteiger charge is -2.44. The molecule has 1 fully saturated rings. The van der Waals surface area contributed by atoms with Crippen LogP contribution in [-0.4, -0.2) is 50.3 Å². The molecular weight excluding hydrogens is 418 g/mol. The van der Waals surface area contributed by atoms with Crippen LogP contribution in [0.15, 0.2) is 24.5 Å². The molecule has 0 spiro atoms. The molecule has 8 nitrogen and oxygen atoms in total. The normalized spacial score (nSPS) is 20.6. The summed E-state index contributed by atoms with van der Waals surface area (Å²) < 4.78 is 1.65. The number of benzene rings is 1. The zero-order valence-corrected chi connectivity index (χ0v) is 19.9. The van der Waals surface area contributed by atoms with Gasteiger partial charge in [-0.05, 0) is 57.2 Å². The Bertz CT molecular complexity index is 1090. The number of nitrogens with zero attached hydrogens (tertiary/aromatic N) is 3. The van der Waals surface area contributed by atoms with Crippen LogP contribution in [0.3, 0.4) is 0 Å². The second-order valence-corrected chi connectivity index (χ2v) is 9.53. The van der Waals surface area contributed by atoms with E-state index in [1.165, 1.54) is 6.33 Å². The third-order valence-corrected chi connectivity index (χ3v) is 6.84. The van der Waals surface area contributed by atoms with Gasteiger partial charge in [0.05, 0.1) is 12.9 Å². The van der Waals surface area contributed by atoms with Gasteiger partial charge in [0.1, 0.15) is 11.2 Å². The molecule has 4 rings (SSSR count). The Morgan fingerprint density at radius 1 is 1.21 bits per heavy atom. The molecule has 176 valence electrons. The molecule has 1 aliphatic heterocycles. The van der Waals surface area contributed by atoms with E-state index >= 15 is 0 Å². The molecule has 1 aromatic heterocycles. The Labute approximate surface area is 194 Å². The van der Waals surface area contributed by atoms with Gasteiger partial charge in [-0.2, -0.15) is 0 Å². The largest absolute Gasteiger partial charge is 0.351 e. The van der Waals surface area contributed by atoms with E-state index in [9.17, 15) is 14.4 Å². The van der Waals surface area contributed by atoms with Crippen molar-refractivity contribution in [2.75, 3.05) is 11.9 Å². The number of hydrogen-bond acceptors (Lipinski definition) is 4. The fraction of sp³-hybridized carbons (Fsp3) is 0.520. The maximum absolute atomic E-state index is 13.6. The van der Waals surface area contributed by atoms with Gasteiger partial charge in [-0.1, -0.05) is 31.9 Å². The lowest BCUT2D eigenvalue weighted by molar-refractivity contribution is -0.133. The van der Waals surface area contributed by atoms with Crippen LogP contribution in [0.4, 0.5) is 5.69 Å². The molecule has 3 amide bonds. The van der Waals surface area contributed by atoms with E-state index in [0.717, 1.165) is 36.8 Å². The minimum absolute atomic E-state index is 0.0836. The summed E-state index contributed by atoms with van der Waals surface area (Å²) in [6.45, 7) is 8.34. The maximum atomic E-state index is 13.6. The molecule has 1 atom stereocenters. The highest BCUT2D eigenvalue weighted by molar-refractivity contribution is 6.11. The summed E-state index contributed by atoms with van der Waals surface area (Å²) in [5, 5.41) is 6.05. The molecule has 2 heterocycles. The summed E-state index contributed by atoms with van der Waals surface area (Å²) in [7, 11) is 0. The summed E-state index contributed by atoms with van der Waals surface area (Å²) in [5.41, 5.74) is 1.92. The number of imidazole rings is 1.